The van der Waals surface area contributed by atoms with E-state index in [9.17, 15) is 9.59 Å². The summed E-state index contributed by atoms with van der Waals surface area (Å²) in [6.07, 6.45) is 0.454. The number of fused-ring (bicyclic) bond motifs is 1. The molecule has 0 bridgehead atoms. The number of nitrogens with zero attached hydrogens (tertiary/aromatic N) is 2. The molecule has 0 spiro atoms. The molecule has 1 aliphatic rings. The van der Waals surface area contributed by atoms with Crippen molar-refractivity contribution in [3.63, 3.8) is 0 Å². The highest BCUT2D eigenvalue weighted by Crippen LogP contribution is 2.23. The molecule has 0 aromatic carbocycles. The summed E-state index contributed by atoms with van der Waals surface area (Å²) in [5, 5.41) is 0.744. The number of nitrogens with one attached hydrogen (secondary N) is 3. The molecule has 1 fully saturated rings. The largest absolute Gasteiger partial charge is 0.325 e. The van der Waals surface area contributed by atoms with E-state index < -0.39 is 0 Å². The number of aromatic nitrogens is 4. The first-order valence-electron chi connectivity index (χ1n) is 5.67. The lowest BCUT2D eigenvalue weighted by molar-refractivity contribution is -0.117. The molecule has 1 aliphatic heterocycles. The Morgan fingerprint density at radius 3 is 2.84 bits per heavy atom. The number of halogens is 1. The minimum atomic E-state index is -0.345. The van der Waals surface area contributed by atoms with Gasteiger partial charge in [-0.2, -0.15) is 4.98 Å². The topological polar surface area (TPSA) is 97.6 Å². The Labute approximate surface area is 120 Å². The van der Waals surface area contributed by atoms with E-state index in [-0.39, 0.29) is 28.8 Å². The van der Waals surface area contributed by atoms with Crippen molar-refractivity contribution in [1.82, 2.24) is 19.9 Å². The summed E-state index contributed by atoms with van der Waals surface area (Å²) in [5.74, 6) is 0.454. The lowest BCUT2D eigenvalue weighted by Crippen LogP contribution is -2.29. The summed E-state index contributed by atoms with van der Waals surface area (Å²) in [4.78, 5) is 37.6. The molecule has 1 atom stereocenters. The fourth-order valence-corrected chi connectivity index (χ4v) is 2.77. The van der Waals surface area contributed by atoms with E-state index >= 15 is 0 Å². The smallest absolute Gasteiger partial charge is 0.278 e. The highest BCUT2D eigenvalue weighted by Gasteiger charge is 2.31. The van der Waals surface area contributed by atoms with Gasteiger partial charge in [0.1, 0.15) is 5.52 Å². The van der Waals surface area contributed by atoms with Crippen molar-refractivity contribution in [3.8, 4) is 0 Å². The summed E-state index contributed by atoms with van der Waals surface area (Å²) in [7, 11) is 0. The summed E-state index contributed by atoms with van der Waals surface area (Å²) < 4.78 is 0.330. The van der Waals surface area contributed by atoms with Crippen LogP contribution >= 0.6 is 28.1 Å². The Morgan fingerprint density at radius 2 is 2.16 bits per heavy atom. The standard InChI is InChI=1S/C10H10BrN5O2S/c11-2-4-1-5(17)16(3-4)9-13-7-6(8(18)15-9)12-10(19)14-7/h4H,1-3H2,(H3,12,13,14,15,18,19). The number of carbonyl (C=O) groups is 1. The van der Waals surface area contributed by atoms with Crippen LogP contribution in [0.15, 0.2) is 4.79 Å². The average molecular weight is 344 g/mol. The van der Waals surface area contributed by atoms with Crippen LogP contribution in [0.5, 0.6) is 0 Å². The second kappa shape index (κ2) is 4.57. The number of hydrogen-bond donors (Lipinski definition) is 3. The van der Waals surface area contributed by atoms with E-state index in [0.717, 1.165) is 5.33 Å². The van der Waals surface area contributed by atoms with E-state index in [1.54, 1.807) is 0 Å². The lowest BCUT2D eigenvalue weighted by atomic mass is 10.2. The normalized spacial score (nSPS) is 19.5. The summed E-state index contributed by atoms with van der Waals surface area (Å²) in [6.45, 7) is 0.545. The third-order valence-corrected chi connectivity index (χ3v) is 4.18. The van der Waals surface area contributed by atoms with Crippen molar-refractivity contribution in [2.45, 2.75) is 6.42 Å². The van der Waals surface area contributed by atoms with Gasteiger partial charge in [-0.15, -0.1) is 0 Å². The zero-order chi connectivity index (χ0) is 13.6. The van der Waals surface area contributed by atoms with E-state index in [2.05, 4.69) is 35.9 Å². The van der Waals surface area contributed by atoms with Crippen molar-refractivity contribution >= 4 is 51.2 Å². The van der Waals surface area contributed by atoms with E-state index in [1.807, 2.05) is 0 Å². The van der Waals surface area contributed by atoms with Crippen LogP contribution in [-0.4, -0.2) is 37.7 Å². The molecule has 0 radical (unpaired) electrons. The maximum Gasteiger partial charge on any atom is 0.278 e. The minimum absolute atomic E-state index is 0.0407. The molecule has 1 saturated heterocycles. The van der Waals surface area contributed by atoms with Gasteiger partial charge in [0, 0.05) is 18.3 Å². The van der Waals surface area contributed by atoms with Crippen LogP contribution < -0.4 is 10.5 Å². The average Bonchev–Trinajstić information content (AvgIpc) is 2.91. The molecule has 3 rings (SSSR count). The van der Waals surface area contributed by atoms with Gasteiger partial charge in [0.2, 0.25) is 11.9 Å². The second-order valence-corrected chi connectivity index (χ2v) is 5.48. The number of amides is 1. The molecule has 0 saturated carbocycles. The lowest BCUT2D eigenvalue weighted by Gasteiger charge is -2.14. The molecule has 9 heteroatoms. The Morgan fingerprint density at radius 1 is 1.37 bits per heavy atom. The number of hydrogen-bond acceptors (Lipinski definition) is 4. The van der Waals surface area contributed by atoms with Gasteiger partial charge < -0.3 is 9.97 Å². The molecule has 19 heavy (non-hydrogen) atoms. The van der Waals surface area contributed by atoms with E-state index in [0.29, 0.717) is 23.4 Å². The summed E-state index contributed by atoms with van der Waals surface area (Å²) >= 11 is 8.29. The van der Waals surface area contributed by atoms with Crippen LogP contribution in [0, 0.1) is 10.7 Å². The Kier molecular flexibility index (Phi) is 3.02. The summed E-state index contributed by atoms with van der Waals surface area (Å²) in [6, 6.07) is 0. The van der Waals surface area contributed by atoms with Crippen LogP contribution in [0.25, 0.3) is 11.2 Å². The van der Waals surface area contributed by atoms with Gasteiger partial charge in [0.15, 0.2) is 10.4 Å². The fraction of sp³-hybridized carbons (Fsp3) is 0.400. The van der Waals surface area contributed by atoms with Crippen molar-refractivity contribution in [3.05, 3.63) is 15.1 Å². The highest BCUT2D eigenvalue weighted by atomic mass is 79.9. The number of imidazole rings is 1. The van der Waals surface area contributed by atoms with Gasteiger partial charge in [-0.05, 0) is 18.1 Å². The van der Waals surface area contributed by atoms with Crippen LogP contribution in [0.2, 0.25) is 0 Å². The SMILES string of the molecule is O=C1CC(CBr)CN1c1nc2[nH]c(=S)[nH]c2c(=O)[nH]1. The van der Waals surface area contributed by atoms with Crippen molar-refractivity contribution < 1.29 is 4.79 Å². The molecule has 100 valence electrons. The van der Waals surface area contributed by atoms with Crippen molar-refractivity contribution in [2.24, 2.45) is 5.92 Å². The highest BCUT2D eigenvalue weighted by molar-refractivity contribution is 9.09. The van der Waals surface area contributed by atoms with Gasteiger partial charge in [-0.3, -0.25) is 19.5 Å². The number of rotatable bonds is 2. The predicted molar refractivity (Wildman–Crippen MR) is 76.2 cm³/mol. The van der Waals surface area contributed by atoms with E-state index in [1.165, 1.54) is 4.90 Å². The quantitative estimate of drug-likeness (QED) is 0.560. The third-order valence-electron chi connectivity index (χ3n) is 3.06. The van der Waals surface area contributed by atoms with Gasteiger partial charge in [0.25, 0.3) is 5.56 Å². The molecule has 3 N–H and O–H groups in total. The van der Waals surface area contributed by atoms with Crippen LogP contribution in [0.4, 0.5) is 5.95 Å². The molecule has 3 heterocycles. The molecular formula is C10H10BrN5O2S. The van der Waals surface area contributed by atoms with Gasteiger partial charge in [-0.25, -0.2) is 0 Å². The Balaban J connectivity index is 2.08. The first-order chi connectivity index (χ1) is 9.08. The van der Waals surface area contributed by atoms with Crippen LogP contribution in [-0.2, 0) is 4.79 Å². The van der Waals surface area contributed by atoms with Gasteiger partial charge >= 0.3 is 0 Å². The zero-order valence-electron chi connectivity index (χ0n) is 9.70. The molecular weight excluding hydrogens is 334 g/mol. The molecule has 7 nitrogen and oxygen atoms in total. The number of aromatic amines is 3. The van der Waals surface area contributed by atoms with Crippen LogP contribution in [0.3, 0.4) is 0 Å². The van der Waals surface area contributed by atoms with Crippen molar-refractivity contribution in [2.75, 3.05) is 16.8 Å². The molecule has 2 aromatic heterocycles. The first kappa shape index (κ1) is 12.5. The molecule has 1 amide bonds. The third kappa shape index (κ3) is 2.12. The van der Waals surface area contributed by atoms with Crippen molar-refractivity contribution in [1.29, 1.82) is 0 Å². The van der Waals surface area contributed by atoms with Gasteiger partial charge in [-0.1, -0.05) is 15.9 Å². The molecule has 0 aliphatic carbocycles. The van der Waals surface area contributed by atoms with E-state index in [4.69, 9.17) is 12.2 Å². The monoisotopic (exact) mass is 343 g/mol. The number of H-pyrrole nitrogens is 3. The fourth-order valence-electron chi connectivity index (χ4n) is 2.14. The van der Waals surface area contributed by atoms with Gasteiger partial charge in [0.05, 0.1) is 0 Å². The predicted octanol–water partition coefficient (Wildman–Crippen LogP) is 1.06. The number of carbonyl (C=O) groups excluding carboxylic acids is 1. The Bertz CT molecular complexity index is 763. The molecule has 2 aromatic rings. The minimum Gasteiger partial charge on any atom is -0.325 e. The maximum atomic E-state index is 11.9. The number of alkyl halides is 1. The second-order valence-electron chi connectivity index (χ2n) is 4.42. The van der Waals surface area contributed by atoms with Crippen LogP contribution in [0.1, 0.15) is 6.42 Å². The zero-order valence-corrected chi connectivity index (χ0v) is 12.1. The first-order valence-corrected chi connectivity index (χ1v) is 7.20. The maximum absolute atomic E-state index is 11.9. The number of anilines is 1. The summed E-state index contributed by atoms with van der Waals surface area (Å²) in [5.41, 5.74) is 0.304. The molecule has 1 unspecified atom stereocenters. The Hall–Kier alpha value is -1.48.